The van der Waals surface area contributed by atoms with Crippen LogP contribution in [0.15, 0.2) is 30.6 Å². The van der Waals surface area contributed by atoms with Crippen LogP contribution in [0, 0.1) is 0 Å². The Balaban J connectivity index is 1.81. The topological polar surface area (TPSA) is 49.2 Å². The van der Waals surface area contributed by atoms with Crippen LogP contribution in [-0.4, -0.2) is 29.7 Å². The number of carbonyl (C=O) groups is 1. The number of pyridine rings is 1. The Morgan fingerprint density at radius 2 is 1.91 bits per heavy atom. The summed E-state index contributed by atoms with van der Waals surface area (Å²) in [6.07, 6.45) is 4.77. The third kappa shape index (κ3) is 4.69. The molecule has 0 amide bonds. The van der Waals surface area contributed by atoms with Gasteiger partial charge in [0.1, 0.15) is 17.1 Å². The van der Waals surface area contributed by atoms with E-state index in [0.29, 0.717) is 19.4 Å². The number of rotatable bonds is 6. The third-order valence-electron chi connectivity index (χ3n) is 2.99. The number of ether oxygens (including phenoxy) is 3. The van der Waals surface area contributed by atoms with E-state index in [4.69, 9.17) is 14.2 Å². The molecule has 0 saturated carbocycles. The molecule has 0 spiro atoms. The minimum atomic E-state index is -0.434. The maximum absolute atomic E-state index is 11.6. The summed E-state index contributed by atoms with van der Waals surface area (Å²) >= 11 is 0. The fourth-order valence-corrected chi connectivity index (χ4v) is 2.06. The largest absolute Gasteiger partial charge is 0.495 e. The number of nitrogens with zero attached hydrogens (tertiary/aromatic N) is 1. The molecule has 0 aliphatic rings. The molecule has 2 rings (SSSR count). The summed E-state index contributed by atoms with van der Waals surface area (Å²) in [5, 5.41) is 0. The predicted octanol–water partition coefficient (Wildman–Crippen LogP) is 3.45. The molecule has 0 saturated heterocycles. The second kappa shape index (κ2) is 6.73. The molecule has 0 N–H and O–H groups in total. The van der Waals surface area contributed by atoms with E-state index >= 15 is 0 Å². The minimum absolute atomic E-state index is 0.193. The van der Waals surface area contributed by atoms with Gasteiger partial charge in [-0.3, -0.25) is 4.79 Å². The zero-order chi connectivity index (χ0) is 16.2. The zero-order valence-electron chi connectivity index (χ0n) is 13.6. The molecule has 0 bridgehead atoms. The minimum Gasteiger partial charge on any atom is -0.495 e. The van der Waals surface area contributed by atoms with Gasteiger partial charge in [-0.15, -0.1) is 0 Å². The van der Waals surface area contributed by atoms with Crippen LogP contribution in [0.25, 0.3) is 5.52 Å². The van der Waals surface area contributed by atoms with Crippen molar-refractivity contribution >= 4 is 11.5 Å². The van der Waals surface area contributed by atoms with Crippen LogP contribution >= 0.6 is 0 Å². The molecule has 120 valence electrons. The summed E-state index contributed by atoms with van der Waals surface area (Å²) in [6.45, 7) is 6.06. The highest BCUT2D eigenvalue weighted by Gasteiger charge is 2.15. The number of esters is 1. The summed E-state index contributed by atoms with van der Waals surface area (Å²) in [5.74, 6) is 1.37. The molecule has 2 aromatic heterocycles. The lowest BCUT2D eigenvalue weighted by molar-refractivity contribution is -0.155. The van der Waals surface area contributed by atoms with Crippen LogP contribution < -0.4 is 9.47 Å². The molecule has 0 fully saturated rings. The Morgan fingerprint density at radius 1 is 1.18 bits per heavy atom. The van der Waals surface area contributed by atoms with E-state index < -0.39 is 5.60 Å². The highest BCUT2D eigenvalue weighted by atomic mass is 16.6. The van der Waals surface area contributed by atoms with Crippen molar-refractivity contribution in [2.24, 2.45) is 0 Å². The van der Waals surface area contributed by atoms with Crippen molar-refractivity contribution in [3.8, 4) is 11.5 Å². The highest BCUT2D eigenvalue weighted by Crippen LogP contribution is 2.20. The van der Waals surface area contributed by atoms with Gasteiger partial charge in [0.15, 0.2) is 0 Å². The van der Waals surface area contributed by atoms with Gasteiger partial charge in [0, 0.05) is 18.0 Å². The predicted molar refractivity (Wildman–Crippen MR) is 84.5 cm³/mol. The third-order valence-corrected chi connectivity index (χ3v) is 2.99. The maximum Gasteiger partial charge on any atom is 0.306 e. The molecule has 5 nitrogen and oxygen atoms in total. The maximum atomic E-state index is 11.6. The Labute approximate surface area is 130 Å². The molecule has 5 heteroatoms. The normalized spacial score (nSPS) is 11.5. The molecule has 0 unspecified atom stereocenters. The Morgan fingerprint density at radius 3 is 2.59 bits per heavy atom. The number of hydrogen-bond acceptors (Lipinski definition) is 4. The Kier molecular flexibility index (Phi) is 4.96. The summed E-state index contributed by atoms with van der Waals surface area (Å²) < 4.78 is 18.1. The van der Waals surface area contributed by atoms with Gasteiger partial charge < -0.3 is 18.6 Å². The summed E-state index contributed by atoms with van der Waals surface area (Å²) in [5.41, 5.74) is 0.606. The van der Waals surface area contributed by atoms with Gasteiger partial charge in [-0.1, -0.05) is 0 Å². The number of aromatic nitrogens is 1. The van der Waals surface area contributed by atoms with Gasteiger partial charge in [0.2, 0.25) is 0 Å². The molecule has 0 aliphatic carbocycles. The molecular weight excluding hydrogens is 282 g/mol. The van der Waals surface area contributed by atoms with E-state index in [9.17, 15) is 4.79 Å². The molecule has 2 heterocycles. The standard InChI is InChI=1S/C17H23NO4/c1-17(2,3)22-16(19)6-5-9-21-14-8-7-13-10-15(20-4)12-18(13)11-14/h7-8,10-12H,5-6,9H2,1-4H3. The first-order valence-corrected chi connectivity index (χ1v) is 7.38. The zero-order valence-corrected chi connectivity index (χ0v) is 13.6. The summed E-state index contributed by atoms with van der Waals surface area (Å²) in [7, 11) is 1.64. The fraction of sp³-hybridized carbons (Fsp3) is 0.471. The van der Waals surface area contributed by atoms with E-state index in [1.165, 1.54) is 0 Å². The molecule has 0 aliphatic heterocycles. The van der Waals surface area contributed by atoms with E-state index in [2.05, 4.69) is 0 Å². The first-order chi connectivity index (χ1) is 10.4. The smallest absolute Gasteiger partial charge is 0.306 e. The lowest BCUT2D eigenvalue weighted by Crippen LogP contribution is -2.23. The monoisotopic (exact) mass is 305 g/mol. The van der Waals surface area contributed by atoms with Crippen LogP contribution in [0.3, 0.4) is 0 Å². The molecule has 0 aromatic carbocycles. The SMILES string of the molecule is COc1cc2ccc(OCCCC(=O)OC(C)(C)C)cn2c1. The van der Waals surface area contributed by atoms with Crippen LogP contribution in [0.4, 0.5) is 0 Å². The van der Waals surface area contributed by atoms with Gasteiger partial charge in [0.25, 0.3) is 0 Å². The van der Waals surface area contributed by atoms with Gasteiger partial charge >= 0.3 is 5.97 Å². The lowest BCUT2D eigenvalue weighted by Gasteiger charge is -2.19. The molecule has 2 aromatic rings. The second-order valence-corrected chi connectivity index (χ2v) is 6.12. The van der Waals surface area contributed by atoms with E-state index in [-0.39, 0.29) is 5.97 Å². The van der Waals surface area contributed by atoms with E-state index in [1.807, 2.05) is 55.8 Å². The van der Waals surface area contributed by atoms with Gasteiger partial charge in [0.05, 0.1) is 26.1 Å². The summed E-state index contributed by atoms with van der Waals surface area (Å²) in [4.78, 5) is 11.6. The molecule has 0 atom stereocenters. The van der Waals surface area contributed by atoms with Crippen molar-refractivity contribution < 1.29 is 19.0 Å². The van der Waals surface area contributed by atoms with Crippen molar-refractivity contribution in [1.82, 2.24) is 4.40 Å². The number of fused-ring (bicyclic) bond motifs is 1. The van der Waals surface area contributed by atoms with Crippen LogP contribution in [0.5, 0.6) is 11.5 Å². The number of methoxy groups -OCH3 is 1. The fourth-order valence-electron chi connectivity index (χ4n) is 2.06. The quantitative estimate of drug-likeness (QED) is 0.606. The van der Waals surface area contributed by atoms with Gasteiger partial charge in [-0.2, -0.15) is 0 Å². The van der Waals surface area contributed by atoms with Crippen molar-refractivity contribution in [2.45, 2.75) is 39.2 Å². The molecular formula is C17H23NO4. The Bertz CT molecular complexity index is 640. The summed E-state index contributed by atoms with van der Waals surface area (Å²) in [6, 6.07) is 5.82. The average molecular weight is 305 g/mol. The van der Waals surface area contributed by atoms with Crippen molar-refractivity contribution in [1.29, 1.82) is 0 Å². The van der Waals surface area contributed by atoms with E-state index in [1.54, 1.807) is 7.11 Å². The van der Waals surface area contributed by atoms with Gasteiger partial charge in [-0.05, 0) is 39.3 Å². The van der Waals surface area contributed by atoms with Crippen LogP contribution in [-0.2, 0) is 9.53 Å². The van der Waals surface area contributed by atoms with Crippen LogP contribution in [0.1, 0.15) is 33.6 Å². The number of carbonyl (C=O) groups excluding carboxylic acids is 1. The van der Waals surface area contributed by atoms with Crippen molar-refractivity contribution in [3.05, 3.63) is 30.6 Å². The van der Waals surface area contributed by atoms with E-state index in [0.717, 1.165) is 17.0 Å². The molecule has 0 radical (unpaired) electrons. The highest BCUT2D eigenvalue weighted by molar-refractivity contribution is 5.69. The Hall–Kier alpha value is -2.17. The van der Waals surface area contributed by atoms with Crippen molar-refractivity contribution in [3.63, 3.8) is 0 Å². The van der Waals surface area contributed by atoms with Crippen LogP contribution in [0.2, 0.25) is 0 Å². The first kappa shape index (κ1) is 16.2. The lowest BCUT2D eigenvalue weighted by atomic mass is 10.2. The van der Waals surface area contributed by atoms with Gasteiger partial charge in [-0.25, -0.2) is 0 Å². The first-order valence-electron chi connectivity index (χ1n) is 7.38. The van der Waals surface area contributed by atoms with Crippen molar-refractivity contribution in [2.75, 3.05) is 13.7 Å². The number of hydrogen-bond donors (Lipinski definition) is 0. The second-order valence-electron chi connectivity index (χ2n) is 6.12. The average Bonchev–Trinajstić information content (AvgIpc) is 2.84. The molecule has 22 heavy (non-hydrogen) atoms.